The molecule has 34 heavy (non-hydrogen) atoms. The SMILES string of the molecule is COc1ccc2[nH]c(C(=O)N3CC(=O)N(Cc4ccccc4)[C@@H](CN4CCNCC4)C3)cc2c1. The Balaban J connectivity index is 1.37. The van der Waals surface area contributed by atoms with Crippen LogP contribution in [0.5, 0.6) is 5.75 Å². The van der Waals surface area contributed by atoms with E-state index in [1.807, 2.05) is 59.5 Å². The molecule has 0 radical (unpaired) electrons. The lowest BCUT2D eigenvalue weighted by Gasteiger charge is -2.43. The molecular weight excluding hydrogens is 430 g/mol. The summed E-state index contributed by atoms with van der Waals surface area (Å²) in [5.41, 5.74) is 2.47. The summed E-state index contributed by atoms with van der Waals surface area (Å²) in [5.74, 6) is 0.584. The molecule has 3 aromatic rings. The molecule has 0 saturated carbocycles. The first-order valence-electron chi connectivity index (χ1n) is 11.8. The van der Waals surface area contributed by atoms with E-state index < -0.39 is 0 Å². The summed E-state index contributed by atoms with van der Waals surface area (Å²) in [6, 6.07) is 17.5. The Bertz CT molecular complexity index is 1160. The molecule has 2 amide bonds. The van der Waals surface area contributed by atoms with Gasteiger partial charge in [0.05, 0.1) is 13.2 Å². The van der Waals surface area contributed by atoms with Crippen molar-refractivity contribution in [2.75, 3.05) is 52.9 Å². The highest BCUT2D eigenvalue weighted by atomic mass is 16.5. The van der Waals surface area contributed by atoms with Gasteiger partial charge in [-0.05, 0) is 29.8 Å². The van der Waals surface area contributed by atoms with Crippen molar-refractivity contribution in [1.29, 1.82) is 0 Å². The number of amides is 2. The van der Waals surface area contributed by atoms with Gasteiger partial charge in [-0.15, -0.1) is 0 Å². The minimum atomic E-state index is -0.145. The van der Waals surface area contributed by atoms with Crippen LogP contribution in [0.3, 0.4) is 0 Å². The molecule has 2 fully saturated rings. The number of rotatable bonds is 6. The number of hydrogen-bond donors (Lipinski definition) is 2. The van der Waals surface area contributed by atoms with Gasteiger partial charge in [-0.2, -0.15) is 0 Å². The summed E-state index contributed by atoms with van der Waals surface area (Å²) >= 11 is 0. The van der Waals surface area contributed by atoms with Gasteiger partial charge in [0.25, 0.3) is 5.91 Å². The van der Waals surface area contributed by atoms with Crippen LogP contribution in [0.2, 0.25) is 0 Å². The zero-order valence-electron chi connectivity index (χ0n) is 19.5. The second kappa shape index (κ2) is 9.87. The maximum Gasteiger partial charge on any atom is 0.270 e. The number of carbonyl (C=O) groups is 2. The average Bonchev–Trinajstić information content (AvgIpc) is 3.30. The van der Waals surface area contributed by atoms with E-state index in [0.29, 0.717) is 18.8 Å². The fraction of sp³-hybridized carbons (Fsp3) is 0.385. The number of ether oxygens (including phenoxy) is 1. The van der Waals surface area contributed by atoms with E-state index in [2.05, 4.69) is 15.2 Å². The van der Waals surface area contributed by atoms with E-state index in [-0.39, 0.29) is 24.4 Å². The van der Waals surface area contributed by atoms with Gasteiger partial charge < -0.3 is 24.8 Å². The van der Waals surface area contributed by atoms with E-state index in [0.717, 1.165) is 54.9 Å². The highest BCUT2D eigenvalue weighted by Crippen LogP contribution is 2.24. The van der Waals surface area contributed by atoms with E-state index in [1.165, 1.54) is 0 Å². The number of aromatic amines is 1. The van der Waals surface area contributed by atoms with Crippen LogP contribution < -0.4 is 10.1 Å². The number of nitrogens with one attached hydrogen (secondary N) is 2. The average molecular weight is 462 g/mol. The summed E-state index contributed by atoms with van der Waals surface area (Å²) in [7, 11) is 1.62. The van der Waals surface area contributed by atoms with Crippen LogP contribution in [0.15, 0.2) is 54.6 Å². The number of piperazine rings is 2. The maximum atomic E-state index is 13.4. The molecule has 2 aliphatic rings. The van der Waals surface area contributed by atoms with Crippen molar-refractivity contribution in [2.24, 2.45) is 0 Å². The van der Waals surface area contributed by atoms with Gasteiger partial charge in [0.2, 0.25) is 5.91 Å². The maximum absolute atomic E-state index is 13.4. The van der Waals surface area contributed by atoms with Crippen LogP contribution in [0.1, 0.15) is 16.1 Å². The second-order valence-corrected chi connectivity index (χ2v) is 9.03. The van der Waals surface area contributed by atoms with Crippen LogP contribution in [-0.4, -0.2) is 90.5 Å². The van der Waals surface area contributed by atoms with Crippen molar-refractivity contribution >= 4 is 22.7 Å². The highest BCUT2D eigenvalue weighted by molar-refractivity contribution is 6.00. The quantitative estimate of drug-likeness (QED) is 0.587. The van der Waals surface area contributed by atoms with Crippen molar-refractivity contribution in [3.05, 3.63) is 65.9 Å². The van der Waals surface area contributed by atoms with Gasteiger partial charge in [0.1, 0.15) is 18.0 Å². The molecule has 8 heteroatoms. The Kier molecular flexibility index (Phi) is 6.51. The number of fused-ring (bicyclic) bond motifs is 1. The van der Waals surface area contributed by atoms with Crippen molar-refractivity contribution in [1.82, 2.24) is 25.0 Å². The summed E-state index contributed by atoms with van der Waals surface area (Å²) < 4.78 is 5.30. The van der Waals surface area contributed by atoms with Crippen molar-refractivity contribution in [3.63, 3.8) is 0 Å². The molecule has 3 heterocycles. The summed E-state index contributed by atoms with van der Waals surface area (Å²) in [5, 5.41) is 4.29. The van der Waals surface area contributed by atoms with Crippen LogP contribution in [0.25, 0.3) is 10.9 Å². The fourth-order valence-electron chi connectivity index (χ4n) is 4.90. The van der Waals surface area contributed by atoms with E-state index in [9.17, 15) is 9.59 Å². The topological polar surface area (TPSA) is 80.9 Å². The third kappa shape index (κ3) is 4.78. The van der Waals surface area contributed by atoms with Crippen molar-refractivity contribution in [2.45, 2.75) is 12.6 Å². The second-order valence-electron chi connectivity index (χ2n) is 9.03. The third-order valence-electron chi connectivity index (χ3n) is 6.74. The van der Waals surface area contributed by atoms with Gasteiger partial charge in [-0.3, -0.25) is 14.5 Å². The van der Waals surface area contributed by atoms with Crippen LogP contribution >= 0.6 is 0 Å². The number of carbonyl (C=O) groups excluding carboxylic acids is 2. The molecule has 2 saturated heterocycles. The van der Waals surface area contributed by atoms with Gasteiger partial charge in [-0.1, -0.05) is 30.3 Å². The standard InChI is InChI=1S/C26H31N5O3/c1-34-22-7-8-23-20(13-22)14-24(28-23)26(33)30-17-21(16-29-11-9-27-10-12-29)31(25(32)18-30)15-19-5-3-2-4-6-19/h2-8,13-14,21,27-28H,9-12,15-18H2,1H3/t21-/m0/s1. The normalized spacial score (nSPS) is 19.6. The molecular formula is C26H31N5O3. The van der Waals surface area contributed by atoms with Gasteiger partial charge in [-0.25, -0.2) is 0 Å². The van der Waals surface area contributed by atoms with Crippen LogP contribution in [0.4, 0.5) is 0 Å². The number of nitrogens with zero attached hydrogens (tertiary/aromatic N) is 3. The number of H-pyrrole nitrogens is 1. The lowest BCUT2D eigenvalue weighted by Crippen LogP contribution is -2.61. The predicted molar refractivity (Wildman–Crippen MR) is 131 cm³/mol. The lowest BCUT2D eigenvalue weighted by molar-refractivity contribution is -0.140. The van der Waals surface area contributed by atoms with E-state index in [1.54, 1.807) is 12.0 Å². The van der Waals surface area contributed by atoms with E-state index in [4.69, 9.17) is 4.74 Å². The number of methoxy groups -OCH3 is 1. The molecule has 178 valence electrons. The zero-order valence-corrected chi connectivity index (χ0v) is 19.5. The Labute approximate surface area is 199 Å². The Morgan fingerprint density at radius 2 is 1.88 bits per heavy atom. The van der Waals surface area contributed by atoms with Gasteiger partial charge in [0.15, 0.2) is 0 Å². The van der Waals surface area contributed by atoms with Crippen LogP contribution in [0, 0.1) is 0 Å². The molecule has 1 atom stereocenters. The number of hydrogen-bond acceptors (Lipinski definition) is 5. The largest absolute Gasteiger partial charge is 0.497 e. The Morgan fingerprint density at radius 3 is 2.65 bits per heavy atom. The van der Waals surface area contributed by atoms with Crippen molar-refractivity contribution < 1.29 is 14.3 Å². The molecule has 0 unspecified atom stereocenters. The molecule has 0 bridgehead atoms. The first-order chi connectivity index (χ1) is 16.6. The van der Waals surface area contributed by atoms with E-state index >= 15 is 0 Å². The highest BCUT2D eigenvalue weighted by Gasteiger charge is 2.36. The molecule has 2 N–H and O–H groups in total. The summed E-state index contributed by atoms with van der Waals surface area (Å²) in [6.07, 6.45) is 0. The van der Waals surface area contributed by atoms with Crippen LogP contribution in [-0.2, 0) is 11.3 Å². The summed E-state index contributed by atoms with van der Waals surface area (Å²) in [6.45, 7) is 5.70. The molecule has 5 rings (SSSR count). The van der Waals surface area contributed by atoms with Gasteiger partial charge in [0, 0.05) is 56.7 Å². The molecule has 1 aromatic heterocycles. The lowest BCUT2D eigenvalue weighted by atomic mass is 10.1. The van der Waals surface area contributed by atoms with Crippen molar-refractivity contribution in [3.8, 4) is 5.75 Å². The third-order valence-corrected chi connectivity index (χ3v) is 6.74. The minimum absolute atomic E-state index is 0.0126. The minimum Gasteiger partial charge on any atom is -0.497 e. The molecule has 2 aliphatic heterocycles. The Hall–Kier alpha value is -3.36. The molecule has 0 spiro atoms. The fourth-order valence-corrected chi connectivity index (χ4v) is 4.90. The van der Waals surface area contributed by atoms with Gasteiger partial charge >= 0.3 is 0 Å². The summed E-state index contributed by atoms with van der Waals surface area (Å²) in [4.78, 5) is 36.0. The number of benzene rings is 2. The smallest absolute Gasteiger partial charge is 0.270 e. The predicted octanol–water partition coefficient (Wildman–Crippen LogP) is 1.93. The molecule has 8 nitrogen and oxygen atoms in total. The first-order valence-corrected chi connectivity index (χ1v) is 11.8. The first kappa shape index (κ1) is 22.4. The zero-order chi connectivity index (χ0) is 23.5. The Morgan fingerprint density at radius 1 is 1.09 bits per heavy atom. The molecule has 2 aromatic carbocycles. The number of aromatic nitrogens is 1. The molecule has 0 aliphatic carbocycles. The monoisotopic (exact) mass is 461 g/mol.